The van der Waals surface area contributed by atoms with Crippen molar-refractivity contribution in [1.29, 1.82) is 0 Å². The topological polar surface area (TPSA) is 35.6 Å². The molecule has 6 aromatic rings. The van der Waals surface area contributed by atoms with Crippen LogP contribution in [-0.4, -0.2) is 19.3 Å². The van der Waals surface area contributed by atoms with Crippen LogP contribution in [0.25, 0.3) is 33.2 Å². The molecule has 10 rings (SSSR count). The molecule has 0 N–H and O–H groups in total. The molecule has 4 nitrogen and oxygen atoms in total. The first kappa shape index (κ1) is 19.3. The summed E-state index contributed by atoms with van der Waals surface area (Å²) in [6, 6.07) is 31.5. The fourth-order valence-corrected chi connectivity index (χ4v) is 5.45. The lowest BCUT2D eigenvalue weighted by Crippen LogP contribution is -2.07. The zero-order chi connectivity index (χ0) is 22.5. The summed E-state index contributed by atoms with van der Waals surface area (Å²) >= 11 is 0. The summed E-state index contributed by atoms with van der Waals surface area (Å²) in [5.74, 6) is 0. The lowest BCUT2D eigenvalue weighted by molar-refractivity contribution is 0.835. The minimum atomic E-state index is 0.960. The Morgan fingerprint density at radius 1 is 0.588 bits per heavy atom. The summed E-state index contributed by atoms with van der Waals surface area (Å²) < 4.78 is 4.37. The van der Waals surface area contributed by atoms with E-state index in [9.17, 15) is 0 Å². The average Bonchev–Trinajstić information content (AvgIpc) is 3.52. The van der Waals surface area contributed by atoms with Crippen LogP contribution in [0.2, 0.25) is 0 Å². The van der Waals surface area contributed by atoms with Crippen molar-refractivity contribution < 1.29 is 0 Å². The molecule has 4 bridgehead atoms. The highest BCUT2D eigenvalue weighted by Gasteiger charge is 2.17. The van der Waals surface area contributed by atoms with E-state index in [2.05, 4.69) is 99.6 Å². The van der Waals surface area contributed by atoms with Crippen molar-refractivity contribution in [2.45, 2.75) is 25.7 Å². The number of rotatable bonds is 2. The summed E-state index contributed by atoms with van der Waals surface area (Å²) in [4.78, 5) is 4.17. The molecule has 0 saturated heterocycles. The van der Waals surface area contributed by atoms with Gasteiger partial charge in [0.2, 0.25) is 0 Å². The predicted octanol–water partition coefficient (Wildman–Crippen LogP) is 6.25. The highest BCUT2D eigenvalue weighted by Crippen LogP contribution is 2.34. The van der Waals surface area contributed by atoms with Gasteiger partial charge in [0.15, 0.2) is 0 Å². The van der Waals surface area contributed by atoms with Gasteiger partial charge in [0.05, 0.1) is 16.7 Å². The van der Waals surface area contributed by atoms with Crippen LogP contribution < -0.4 is 0 Å². The van der Waals surface area contributed by atoms with Gasteiger partial charge in [-0.1, -0.05) is 60.7 Å². The minimum Gasteiger partial charge on any atom is -0.309 e. The van der Waals surface area contributed by atoms with Gasteiger partial charge < -0.3 is 4.57 Å². The van der Waals surface area contributed by atoms with E-state index in [1.165, 1.54) is 49.7 Å². The van der Waals surface area contributed by atoms with Crippen LogP contribution in [0.3, 0.4) is 0 Å². The Labute approximate surface area is 198 Å². The van der Waals surface area contributed by atoms with E-state index in [0.29, 0.717) is 0 Å². The standard InChI is InChI=1S/C30H24N4/c1-3-7-27-25(5-1)26-6-2-4-8-28(26)34(27)30-18-22-10-14-23-13-9-21(11-15-24(30)16-12-22)17-29(23)33-20-31-19-32-33/h1-9,12-13,16-20H,10-11,14-15H2. The SMILES string of the molecule is c1ccc2c(c1)c1ccccc1n2-c1cc2ccc1CCc1ccc(c(-n3cncn3)c1)CC2. The van der Waals surface area contributed by atoms with Crippen molar-refractivity contribution in [3.63, 3.8) is 0 Å². The molecular weight excluding hydrogens is 416 g/mol. The van der Waals surface area contributed by atoms with Crippen LogP contribution in [-0.2, 0) is 25.7 Å². The molecule has 4 aliphatic rings. The molecule has 0 saturated carbocycles. The second-order valence-electron chi connectivity index (χ2n) is 9.14. The zero-order valence-electron chi connectivity index (χ0n) is 18.9. The molecule has 4 aliphatic carbocycles. The summed E-state index contributed by atoms with van der Waals surface area (Å²) in [6.07, 6.45) is 7.29. The molecule has 0 aliphatic heterocycles. The van der Waals surface area contributed by atoms with E-state index in [4.69, 9.17) is 0 Å². The molecule has 2 aromatic heterocycles. The van der Waals surface area contributed by atoms with Crippen molar-refractivity contribution in [3.05, 3.63) is 120 Å². The molecule has 0 unspecified atom stereocenters. The van der Waals surface area contributed by atoms with Crippen LogP contribution in [0.15, 0.2) is 97.6 Å². The second kappa shape index (κ2) is 7.70. The van der Waals surface area contributed by atoms with Crippen molar-refractivity contribution >= 4 is 21.8 Å². The third kappa shape index (κ3) is 3.06. The fourth-order valence-electron chi connectivity index (χ4n) is 5.45. The summed E-state index contributed by atoms with van der Waals surface area (Å²) in [7, 11) is 0. The maximum Gasteiger partial charge on any atom is 0.138 e. The molecule has 34 heavy (non-hydrogen) atoms. The van der Waals surface area contributed by atoms with E-state index >= 15 is 0 Å². The fraction of sp³-hybridized carbons (Fsp3) is 0.133. The van der Waals surface area contributed by atoms with Gasteiger partial charge in [-0.2, -0.15) is 5.10 Å². The number of hydrogen-bond acceptors (Lipinski definition) is 2. The maximum absolute atomic E-state index is 4.41. The Balaban J connectivity index is 1.40. The molecule has 0 amide bonds. The first-order valence-corrected chi connectivity index (χ1v) is 11.9. The van der Waals surface area contributed by atoms with Gasteiger partial charge in [-0.05, 0) is 72.2 Å². The van der Waals surface area contributed by atoms with Gasteiger partial charge in [0.25, 0.3) is 0 Å². The first-order valence-electron chi connectivity index (χ1n) is 11.9. The number of nitrogens with zero attached hydrogens (tertiary/aromatic N) is 4. The second-order valence-corrected chi connectivity index (χ2v) is 9.14. The molecule has 2 heterocycles. The maximum atomic E-state index is 4.41. The zero-order valence-corrected chi connectivity index (χ0v) is 18.9. The Hall–Kier alpha value is -4.18. The van der Waals surface area contributed by atoms with E-state index in [1.54, 1.807) is 12.7 Å². The van der Waals surface area contributed by atoms with E-state index in [1.807, 2.05) is 4.68 Å². The molecule has 0 fully saturated rings. The quantitative estimate of drug-likeness (QED) is 0.319. The van der Waals surface area contributed by atoms with Gasteiger partial charge >= 0.3 is 0 Å². The predicted molar refractivity (Wildman–Crippen MR) is 137 cm³/mol. The Bertz CT molecular complexity index is 1600. The lowest BCUT2D eigenvalue weighted by atomic mass is 9.94. The summed E-state index contributed by atoms with van der Waals surface area (Å²) in [5.41, 5.74) is 10.4. The third-order valence-corrected chi connectivity index (χ3v) is 7.15. The van der Waals surface area contributed by atoms with Gasteiger partial charge in [-0.25, -0.2) is 9.67 Å². The first-order chi connectivity index (χ1) is 16.8. The van der Waals surface area contributed by atoms with Crippen molar-refractivity contribution in [1.82, 2.24) is 19.3 Å². The molecular formula is C30H24N4. The van der Waals surface area contributed by atoms with Crippen LogP contribution >= 0.6 is 0 Å². The molecule has 164 valence electrons. The number of aromatic nitrogens is 4. The van der Waals surface area contributed by atoms with Gasteiger partial charge in [0.1, 0.15) is 12.7 Å². The van der Waals surface area contributed by atoms with Crippen LogP contribution in [0.1, 0.15) is 22.3 Å². The van der Waals surface area contributed by atoms with Gasteiger partial charge in [-0.15, -0.1) is 0 Å². The number of hydrogen-bond donors (Lipinski definition) is 0. The third-order valence-electron chi connectivity index (χ3n) is 7.15. The number of aryl methyl sites for hydroxylation is 4. The Morgan fingerprint density at radius 2 is 1.18 bits per heavy atom. The smallest absolute Gasteiger partial charge is 0.138 e. The Morgan fingerprint density at radius 3 is 1.79 bits per heavy atom. The monoisotopic (exact) mass is 440 g/mol. The number of para-hydroxylation sites is 2. The largest absolute Gasteiger partial charge is 0.309 e. The number of benzene rings is 4. The minimum absolute atomic E-state index is 0.960. The van der Waals surface area contributed by atoms with Crippen LogP contribution in [0, 0.1) is 0 Å². The molecule has 0 spiro atoms. The summed E-state index contributed by atoms with van der Waals surface area (Å²) in [6.45, 7) is 0. The van der Waals surface area contributed by atoms with E-state index in [-0.39, 0.29) is 0 Å². The van der Waals surface area contributed by atoms with Crippen molar-refractivity contribution in [2.75, 3.05) is 0 Å². The van der Waals surface area contributed by atoms with Crippen LogP contribution in [0.4, 0.5) is 0 Å². The number of fused-ring (bicyclic) bond motifs is 3. The molecule has 4 aromatic carbocycles. The molecule has 0 atom stereocenters. The van der Waals surface area contributed by atoms with E-state index < -0.39 is 0 Å². The highest BCUT2D eigenvalue weighted by molar-refractivity contribution is 6.09. The normalized spacial score (nSPS) is 13.4. The summed E-state index contributed by atoms with van der Waals surface area (Å²) in [5, 5.41) is 7.02. The highest BCUT2D eigenvalue weighted by atomic mass is 15.3. The van der Waals surface area contributed by atoms with E-state index in [0.717, 1.165) is 31.4 Å². The van der Waals surface area contributed by atoms with Crippen molar-refractivity contribution in [2.24, 2.45) is 0 Å². The van der Waals surface area contributed by atoms with Gasteiger partial charge in [-0.3, -0.25) is 0 Å². The van der Waals surface area contributed by atoms with Crippen molar-refractivity contribution in [3.8, 4) is 11.4 Å². The lowest BCUT2D eigenvalue weighted by Gasteiger charge is -2.18. The molecule has 4 heteroatoms. The Kier molecular flexibility index (Phi) is 4.37. The van der Waals surface area contributed by atoms with Crippen LogP contribution in [0.5, 0.6) is 0 Å². The molecule has 0 radical (unpaired) electrons. The van der Waals surface area contributed by atoms with Gasteiger partial charge in [0, 0.05) is 16.5 Å². The average molecular weight is 441 g/mol.